The normalized spacial score (nSPS) is 12.4. The first-order valence-corrected chi connectivity index (χ1v) is 5.82. The average molecular weight is 241 g/mol. The van der Waals surface area contributed by atoms with Crippen LogP contribution in [0.3, 0.4) is 0 Å². The van der Waals surface area contributed by atoms with Crippen LogP contribution in [0.5, 0.6) is 0 Å². The molecule has 0 aliphatic heterocycles. The molecular weight excluding hydrogens is 226 g/mol. The Labute approximate surface area is 98.5 Å². The fourth-order valence-electron chi connectivity index (χ4n) is 1.26. The SMILES string of the molecule is Cc1cc(C)nc(SC(CCN)C(=O)O)n1. The summed E-state index contributed by atoms with van der Waals surface area (Å²) in [6, 6.07) is 1.85. The number of carboxylic acid groups (broad SMARTS) is 1. The van der Waals surface area contributed by atoms with Crippen LogP contribution in [0.15, 0.2) is 11.2 Å². The van der Waals surface area contributed by atoms with Crippen LogP contribution in [0, 0.1) is 13.8 Å². The molecule has 16 heavy (non-hydrogen) atoms. The number of hydrogen-bond donors (Lipinski definition) is 2. The maximum absolute atomic E-state index is 10.9. The lowest BCUT2D eigenvalue weighted by molar-refractivity contribution is -0.136. The number of rotatable bonds is 5. The topological polar surface area (TPSA) is 89.1 Å². The van der Waals surface area contributed by atoms with Crippen LogP contribution < -0.4 is 5.73 Å². The van der Waals surface area contributed by atoms with Crippen molar-refractivity contribution in [1.82, 2.24) is 9.97 Å². The quantitative estimate of drug-likeness (QED) is 0.590. The van der Waals surface area contributed by atoms with E-state index >= 15 is 0 Å². The first-order valence-electron chi connectivity index (χ1n) is 4.94. The highest BCUT2D eigenvalue weighted by molar-refractivity contribution is 8.00. The minimum Gasteiger partial charge on any atom is -0.480 e. The summed E-state index contributed by atoms with van der Waals surface area (Å²) in [5, 5.41) is 8.89. The number of nitrogens with zero attached hydrogens (tertiary/aromatic N) is 2. The van der Waals surface area contributed by atoms with Gasteiger partial charge in [-0.25, -0.2) is 9.97 Å². The van der Waals surface area contributed by atoms with Crippen molar-refractivity contribution in [2.24, 2.45) is 5.73 Å². The van der Waals surface area contributed by atoms with E-state index in [1.807, 2.05) is 19.9 Å². The van der Waals surface area contributed by atoms with Crippen LogP contribution in [0.4, 0.5) is 0 Å². The monoisotopic (exact) mass is 241 g/mol. The summed E-state index contributed by atoms with van der Waals surface area (Å²) in [6.45, 7) is 4.06. The van der Waals surface area contributed by atoms with E-state index in [0.717, 1.165) is 23.1 Å². The molecule has 1 atom stereocenters. The second kappa shape index (κ2) is 5.81. The van der Waals surface area contributed by atoms with E-state index in [1.165, 1.54) is 0 Å². The van der Waals surface area contributed by atoms with Crippen LogP contribution in [0.2, 0.25) is 0 Å². The summed E-state index contributed by atoms with van der Waals surface area (Å²) in [6.07, 6.45) is 0.413. The predicted molar refractivity (Wildman–Crippen MR) is 62.5 cm³/mol. The Kier molecular flexibility index (Phi) is 4.70. The second-order valence-corrected chi connectivity index (χ2v) is 4.63. The van der Waals surface area contributed by atoms with Crippen molar-refractivity contribution in [2.75, 3.05) is 6.54 Å². The summed E-state index contributed by atoms with van der Waals surface area (Å²) in [5.74, 6) is -0.877. The molecule has 0 amide bonds. The molecule has 1 unspecified atom stereocenters. The molecule has 0 saturated heterocycles. The molecule has 0 aromatic carbocycles. The van der Waals surface area contributed by atoms with Crippen molar-refractivity contribution in [1.29, 1.82) is 0 Å². The molecule has 5 nitrogen and oxygen atoms in total. The number of carbonyl (C=O) groups is 1. The number of aliphatic carboxylic acids is 1. The van der Waals surface area contributed by atoms with Gasteiger partial charge in [0.2, 0.25) is 0 Å². The lowest BCUT2D eigenvalue weighted by atomic mass is 10.3. The maximum Gasteiger partial charge on any atom is 0.317 e. The average Bonchev–Trinajstić information content (AvgIpc) is 2.15. The largest absolute Gasteiger partial charge is 0.480 e. The molecule has 1 aromatic rings. The summed E-state index contributed by atoms with van der Waals surface area (Å²) in [7, 11) is 0. The summed E-state index contributed by atoms with van der Waals surface area (Å²) in [4.78, 5) is 19.3. The first kappa shape index (κ1) is 12.9. The molecule has 6 heteroatoms. The maximum atomic E-state index is 10.9. The highest BCUT2D eigenvalue weighted by Gasteiger charge is 2.19. The molecule has 1 aromatic heterocycles. The molecule has 0 bridgehead atoms. The number of aryl methyl sites for hydroxylation is 2. The zero-order valence-corrected chi connectivity index (χ0v) is 10.1. The molecule has 0 saturated carbocycles. The lowest BCUT2D eigenvalue weighted by Gasteiger charge is -2.09. The minimum atomic E-state index is -0.877. The zero-order chi connectivity index (χ0) is 12.1. The molecule has 0 aliphatic carbocycles. The highest BCUT2D eigenvalue weighted by Crippen LogP contribution is 2.22. The first-order chi connectivity index (χ1) is 7.52. The van der Waals surface area contributed by atoms with E-state index in [-0.39, 0.29) is 0 Å². The van der Waals surface area contributed by atoms with Crippen LogP contribution in [-0.4, -0.2) is 32.8 Å². The molecule has 0 aliphatic rings. The van der Waals surface area contributed by atoms with Gasteiger partial charge in [0.15, 0.2) is 5.16 Å². The number of nitrogens with two attached hydrogens (primary N) is 1. The predicted octanol–water partition coefficient (Wildman–Crippen LogP) is 0.988. The fraction of sp³-hybridized carbons (Fsp3) is 0.500. The van der Waals surface area contributed by atoms with Gasteiger partial charge in [-0.15, -0.1) is 0 Å². The summed E-state index contributed by atoms with van der Waals surface area (Å²) >= 11 is 1.15. The number of carboxylic acids is 1. The van der Waals surface area contributed by atoms with E-state index in [4.69, 9.17) is 10.8 Å². The Morgan fingerprint density at radius 3 is 2.50 bits per heavy atom. The van der Waals surface area contributed by atoms with Gasteiger partial charge >= 0.3 is 5.97 Å². The molecule has 0 fully saturated rings. The fourth-order valence-corrected chi connectivity index (χ4v) is 2.26. The van der Waals surface area contributed by atoms with E-state index in [9.17, 15) is 4.79 Å². The third kappa shape index (κ3) is 3.79. The third-order valence-electron chi connectivity index (χ3n) is 1.91. The Bertz CT molecular complexity index is 364. The van der Waals surface area contributed by atoms with Crippen molar-refractivity contribution >= 4 is 17.7 Å². The van der Waals surface area contributed by atoms with E-state index in [1.54, 1.807) is 0 Å². The van der Waals surface area contributed by atoms with Crippen LogP contribution in [0.25, 0.3) is 0 Å². The molecule has 0 spiro atoms. The lowest BCUT2D eigenvalue weighted by Crippen LogP contribution is -2.20. The van der Waals surface area contributed by atoms with Crippen molar-refractivity contribution < 1.29 is 9.90 Å². The van der Waals surface area contributed by atoms with Gasteiger partial charge in [0.25, 0.3) is 0 Å². The Morgan fingerprint density at radius 1 is 1.50 bits per heavy atom. The van der Waals surface area contributed by atoms with Gasteiger partial charge in [-0.05, 0) is 32.9 Å². The van der Waals surface area contributed by atoms with E-state index in [0.29, 0.717) is 18.1 Å². The van der Waals surface area contributed by atoms with Crippen LogP contribution in [-0.2, 0) is 4.79 Å². The van der Waals surface area contributed by atoms with Crippen LogP contribution in [0.1, 0.15) is 17.8 Å². The van der Waals surface area contributed by atoms with Crippen LogP contribution >= 0.6 is 11.8 Å². The molecule has 0 radical (unpaired) electrons. The smallest absolute Gasteiger partial charge is 0.317 e. The van der Waals surface area contributed by atoms with Gasteiger partial charge in [-0.1, -0.05) is 11.8 Å². The Balaban J connectivity index is 2.80. The Hall–Kier alpha value is -1.14. The third-order valence-corrected chi connectivity index (χ3v) is 3.03. The van der Waals surface area contributed by atoms with Gasteiger partial charge in [0.05, 0.1) is 0 Å². The van der Waals surface area contributed by atoms with Gasteiger partial charge in [-0.3, -0.25) is 4.79 Å². The minimum absolute atomic E-state index is 0.342. The molecule has 1 heterocycles. The van der Waals surface area contributed by atoms with Crippen molar-refractivity contribution in [3.05, 3.63) is 17.5 Å². The standard InChI is InChI=1S/C10H15N3O2S/c1-6-5-7(2)13-10(12-6)16-8(3-4-11)9(14)15/h5,8H,3-4,11H2,1-2H3,(H,14,15). The van der Waals surface area contributed by atoms with Gasteiger partial charge in [0.1, 0.15) is 5.25 Å². The van der Waals surface area contributed by atoms with Gasteiger partial charge in [0, 0.05) is 11.4 Å². The number of hydrogen-bond acceptors (Lipinski definition) is 5. The summed E-state index contributed by atoms with van der Waals surface area (Å²) < 4.78 is 0. The van der Waals surface area contributed by atoms with Gasteiger partial charge < -0.3 is 10.8 Å². The van der Waals surface area contributed by atoms with Crippen molar-refractivity contribution in [2.45, 2.75) is 30.7 Å². The van der Waals surface area contributed by atoms with Crippen molar-refractivity contribution in [3.63, 3.8) is 0 Å². The van der Waals surface area contributed by atoms with Crippen molar-refractivity contribution in [3.8, 4) is 0 Å². The number of thioether (sulfide) groups is 1. The molecular formula is C10H15N3O2S. The zero-order valence-electron chi connectivity index (χ0n) is 9.30. The molecule has 1 rings (SSSR count). The Morgan fingerprint density at radius 2 is 2.06 bits per heavy atom. The van der Waals surface area contributed by atoms with E-state index in [2.05, 4.69) is 9.97 Å². The number of aromatic nitrogens is 2. The summed E-state index contributed by atoms with van der Waals surface area (Å²) in [5.41, 5.74) is 7.04. The van der Waals surface area contributed by atoms with E-state index < -0.39 is 11.2 Å². The van der Waals surface area contributed by atoms with Gasteiger partial charge in [-0.2, -0.15) is 0 Å². The second-order valence-electron chi connectivity index (χ2n) is 3.46. The molecule has 88 valence electrons. The molecule has 3 N–H and O–H groups in total. The highest BCUT2D eigenvalue weighted by atomic mass is 32.2.